The van der Waals surface area contributed by atoms with Crippen molar-refractivity contribution in [1.82, 2.24) is 4.98 Å². The number of amides is 1. The van der Waals surface area contributed by atoms with E-state index in [4.69, 9.17) is 4.74 Å². The minimum Gasteiger partial charge on any atom is -0.507 e. The largest absolute Gasteiger partial charge is 0.507 e. The van der Waals surface area contributed by atoms with Crippen molar-refractivity contribution >= 4 is 23.1 Å². The van der Waals surface area contributed by atoms with Gasteiger partial charge in [0.15, 0.2) is 0 Å². The number of aliphatic hydroxyl groups excluding tert-OH is 1. The lowest BCUT2D eigenvalue weighted by molar-refractivity contribution is -0.132. The molecular formula is C27H26N2O4. The SMILES string of the molecule is CCOc1ccc(/C(O)=C2/C(=O)C(=O)N(c3ccccc3)C2c2cccnc2)cc1C(C)C. The van der Waals surface area contributed by atoms with E-state index < -0.39 is 17.7 Å². The van der Waals surface area contributed by atoms with E-state index in [2.05, 4.69) is 4.98 Å². The molecule has 1 N–H and O–H groups in total. The third kappa shape index (κ3) is 4.12. The van der Waals surface area contributed by atoms with Crippen LogP contribution in [0, 0.1) is 0 Å². The van der Waals surface area contributed by atoms with E-state index >= 15 is 0 Å². The Kier molecular flexibility index (Phi) is 6.27. The molecule has 6 heteroatoms. The van der Waals surface area contributed by atoms with Gasteiger partial charge in [0.05, 0.1) is 18.2 Å². The van der Waals surface area contributed by atoms with Crippen molar-refractivity contribution in [3.63, 3.8) is 0 Å². The number of aliphatic hydroxyl groups is 1. The van der Waals surface area contributed by atoms with Crippen molar-refractivity contribution in [1.29, 1.82) is 0 Å². The predicted molar refractivity (Wildman–Crippen MR) is 127 cm³/mol. The number of aromatic nitrogens is 1. The van der Waals surface area contributed by atoms with Gasteiger partial charge in [0.25, 0.3) is 11.7 Å². The Labute approximate surface area is 193 Å². The Morgan fingerprint density at radius 2 is 1.85 bits per heavy atom. The van der Waals surface area contributed by atoms with Gasteiger partial charge in [-0.1, -0.05) is 38.1 Å². The number of ketones is 1. The first-order valence-corrected chi connectivity index (χ1v) is 11.0. The van der Waals surface area contributed by atoms with Gasteiger partial charge in [-0.15, -0.1) is 0 Å². The second-order valence-corrected chi connectivity index (χ2v) is 8.13. The smallest absolute Gasteiger partial charge is 0.300 e. The molecule has 33 heavy (non-hydrogen) atoms. The number of carbonyl (C=O) groups excluding carboxylic acids is 2. The maximum absolute atomic E-state index is 13.2. The molecule has 1 unspecified atom stereocenters. The maximum atomic E-state index is 13.2. The predicted octanol–water partition coefficient (Wildman–Crippen LogP) is 5.23. The van der Waals surface area contributed by atoms with Gasteiger partial charge in [-0.3, -0.25) is 19.5 Å². The zero-order valence-corrected chi connectivity index (χ0v) is 18.9. The number of para-hydroxylation sites is 1. The van der Waals surface area contributed by atoms with Crippen LogP contribution in [0.25, 0.3) is 5.76 Å². The highest BCUT2D eigenvalue weighted by Crippen LogP contribution is 2.42. The second kappa shape index (κ2) is 9.28. The topological polar surface area (TPSA) is 79.7 Å². The summed E-state index contributed by atoms with van der Waals surface area (Å²) in [4.78, 5) is 32.0. The summed E-state index contributed by atoms with van der Waals surface area (Å²) >= 11 is 0. The number of hydrogen-bond acceptors (Lipinski definition) is 5. The molecule has 0 saturated carbocycles. The van der Waals surface area contributed by atoms with Crippen LogP contribution in [-0.2, 0) is 9.59 Å². The molecule has 0 spiro atoms. The van der Waals surface area contributed by atoms with Crippen molar-refractivity contribution in [2.75, 3.05) is 11.5 Å². The molecule has 2 aromatic carbocycles. The molecule has 6 nitrogen and oxygen atoms in total. The minimum absolute atomic E-state index is 0.0377. The molecule has 1 fully saturated rings. The van der Waals surface area contributed by atoms with Crippen molar-refractivity contribution < 1.29 is 19.4 Å². The normalized spacial score (nSPS) is 17.6. The monoisotopic (exact) mass is 442 g/mol. The molecule has 1 amide bonds. The summed E-state index contributed by atoms with van der Waals surface area (Å²) in [5, 5.41) is 11.4. The van der Waals surface area contributed by atoms with E-state index in [0.717, 1.165) is 11.3 Å². The first-order chi connectivity index (χ1) is 15.9. The van der Waals surface area contributed by atoms with Gasteiger partial charge in [0.2, 0.25) is 0 Å². The van der Waals surface area contributed by atoms with E-state index in [9.17, 15) is 14.7 Å². The van der Waals surface area contributed by atoms with Crippen LogP contribution in [-0.4, -0.2) is 28.4 Å². The number of hydrogen-bond donors (Lipinski definition) is 1. The number of ether oxygens (including phenoxy) is 1. The van der Waals surface area contributed by atoms with Crippen LogP contribution in [0.5, 0.6) is 5.75 Å². The van der Waals surface area contributed by atoms with Gasteiger partial charge in [0.1, 0.15) is 11.5 Å². The quantitative estimate of drug-likeness (QED) is 0.321. The van der Waals surface area contributed by atoms with Gasteiger partial charge in [-0.05, 0) is 60.4 Å². The van der Waals surface area contributed by atoms with Gasteiger partial charge in [0, 0.05) is 23.6 Å². The van der Waals surface area contributed by atoms with Crippen LogP contribution in [0.2, 0.25) is 0 Å². The molecule has 1 atom stereocenters. The van der Waals surface area contributed by atoms with Crippen LogP contribution < -0.4 is 9.64 Å². The lowest BCUT2D eigenvalue weighted by atomic mass is 9.93. The molecule has 4 rings (SSSR count). The fourth-order valence-electron chi connectivity index (χ4n) is 4.13. The molecule has 168 valence electrons. The Morgan fingerprint density at radius 1 is 1.09 bits per heavy atom. The minimum atomic E-state index is -0.796. The number of anilines is 1. The molecule has 3 aromatic rings. The van der Waals surface area contributed by atoms with Crippen molar-refractivity contribution in [2.45, 2.75) is 32.7 Å². The van der Waals surface area contributed by atoms with Crippen molar-refractivity contribution in [2.24, 2.45) is 0 Å². The highest BCUT2D eigenvalue weighted by Gasteiger charge is 2.47. The average Bonchev–Trinajstić information content (AvgIpc) is 3.10. The Bertz CT molecular complexity index is 1200. The average molecular weight is 443 g/mol. The summed E-state index contributed by atoms with van der Waals surface area (Å²) in [7, 11) is 0. The van der Waals surface area contributed by atoms with Gasteiger partial charge in [-0.25, -0.2) is 0 Å². The standard InChI is InChI=1S/C27H26N2O4/c1-4-33-22-13-12-18(15-21(22)17(2)3)25(30)23-24(19-9-8-14-28-16-19)29(27(32)26(23)31)20-10-6-5-7-11-20/h5-17,24,30H,4H2,1-3H3/b25-23-. The van der Waals surface area contributed by atoms with E-state index in [0.29, 0.717) is 23.4 Å². The summed E-state index contributed by atoms with van der Waals surface area (Å²) < 4.78 is 5.73. The summed E-state index contributed by atoms with van der Waals surface area (Å²) in [6, 6.07) is 17.0. The highest BCUT2D eigenvalue weighted by atomic mass is 16.5. The fraction of sp³-hybridized carbons (Fsp3) is 0.222. The van der Waals surface area contributed by atoms with Crippen LogP contribution >= 0.6 is 0 Å². The first kappa shape index (κ1) is 22.3. The molecule has 1 aromatic heterocycles. The number of rotatable bonds is 6. The number of carbonyl (C=O) groups is 2. The molecule has 0 bridgehead atoms. The van der Waals surface area contributed by atoms with Gasteiger partial charge in [-0.2, -0.15) is 0 Å². The van der Waals surface area contributed by atoms with E-state index in [1.807, 2.05) is 32.9 Å². The second-order valence-electron chi connectivity index (χ2n) is 8.13. The van der Waals surface area contributed by atoms with Crippen LogP contribution in [0.1, 0.15) is 49.4 Å². The third-order valence-corrected chi connectivity index (χ3v) is 5.68. The zero-order chi connectivity index (χ0) is 23.5. The maximum Gasteiger partial charge on any atom is 0.300 e. The Hall–Kier alpha value is -3.93. The molecule has 0 radical (unpaired) electrons. The Morgan fingerprint density at radius 3 is 2.48 bits per heavy atom. The molecule has 1 aliphatic heterocycles. The summed E-state index contributed by atoms with van der Waals surface area (Å²) in [5.74, 6) is -0.764. The number of nitrogens with zero attached hydrogens (tertiary/aromatic N) is 2. The van der Waals surface area contributed by atoms with Gasteiger partial charge < -0.3 is 9.84 Å². The van der Waals surface area contributed by atoms with Crippen LogP contribution in [0.15, 0.2) is 78.6 Å². The molecule has 1 aliphatic rings. The summed E-state index contributed by atoms with van der Waals surface area (Å²) in [6.07, 6.45) is 3.23. The molecular weight excluding hydrogens is 416 g/mol. The lowest BCUT2D eigenvalue weighted by Gasteiger charge is -2.25. The van der Waals surface area contributed by atoms with Crippen molar-refractivity contribution in [3.05, 3.63) is 95.3 Å². The molecule has 2 heterocycles. The van der Waals surface area contributed by atoms with Gasteiger partial charge >= 0.3 is 0 Å². The summed E-state index contributed by atoms with van der Waals surface area (Å²) in [5.41, 5.74) is 2.62. The van der Waals surface area contributed by atoms with E-state index in [1.165, 1.54) is 4.90 Å². The summed E-state index contributed by atoms with van der Waals surface area (Å²) in [6.45, 7) is 6.50. The van der Waals surface area contributed by atoms with Crippen LogP contribution in [0.4, 0.5) is 5.69 Å². The lowest BCUT2D eigenvalue weighted by Crippen LogP contribution is -2.29. The molecule has 1 saturated heterocycles. The number of benzene rings is 2. The fourth-order valence-corrected chi connectivity index (χ4v) is 4.13. The number of pyridine rings is 1. The third-order valence-electron chi connectivity index (χ3n) is 5.68. The van der Waals surface area contributed by atoms with E-state index in [-0.39, 0.29) is 17.3 Å². The molecule has 0 aliphatic carbocycles. The van der Waals surface area contributed by atoms with E-state index in [1.54, 1.807) is 60.9 Å². The first-order valence-electron chi connectivity index (χ1n) is 11.0. The number of Topliss-reactive ketones (excluding diaryl/α,β-unsaturated/α-hetero) is 1. The zero-order valence-electron chi connectivity index (χ0n) is 18.9. The Balaban J connectivity index is 1.91. The van der Waals surface area contributed by atoms with Crippen molar-refractivity contribution in [3.8, 4) is 5.75 Å². The van der Waals surface area contributed by atoms with Crippen LogP contribution in [0.3, 0.4) is 0 Å². The highest BCUT2D eigenvalue weighted by molar-refractivity contribution is 6.51.